The topological polar surface area (TPSA) is 92.4 Å². The normalized spacial score (nSPS) is 16.6. The maximum atomic E-state index is 11.6. The number of hydrogen-bond donors (Lipinski definition) is 3. The molecule has 1 aromatic carbocycles. The Balaban J connectivity index is 1.85. The molecule has 5 heteroatoms. The van der Waals surface area contributed by atoms with E-state index >= 15 is 0 Å². The lowest BCUT2D eigenvalue weighted by Crippen LogP contribution is -2.47. The van der Waals surface area contributed by atoms with Crippen LogP contribution < -0.4 is 11.1 Å². The maximum Gasteiger partial charge on any atom is 0.248 e. The fourth-order valence-corrected chi connectivity index (χ4v) is 2.00. The third kappa shape index (κ3) is 3.68. The predicted octanol–water partition coefficient (Wildman–Crippen LogP) is 0.830. The molecule has 1 saturated carbocycles. The molecular formula is C15H18N2O3. The van der Waals surface area contributed by atoms with Crippen molar-refractivity contribution in [1.29, 1.82) is 0 Å². The summed E-state index contributed by atoms with van der Waals surface area (Å²) >= 11 is 0. The van der Waals surface area contributed by atoms with Gasteiger partial charge in [-0.05, 0) is 43.0 Å². The number of carbonyl (C=O) groups excluding carboxylic acids is 2. The van der Waals surface area contributed by atoms with Gasteiger partial charge in [-0.15, -0.1) is 0 Å². The molecule has 0 bridgehead atoms. The highest BCUT2D eigenvalue weighted by atomic mass is 16.3. The van der Waals surface area contributed by atoms with Gasteiger partial charge in [0.1, 0.15) is 0 Å². The first-order valence-electron chi connectivity index (χ1n) is 6.57. The van der Waals surface area contributed by atoms with Crippen molar-refractivity contribution in [1.82, 2.24) is 5.32 Å². The van der Waals surface area contributed by atoms with Gasteiger partial charge in [0.05, 0.1) is 5.60 Å². The van der Waals surface area contributed by atoms with Gasteiger partial charge in [-0.3, -0.25) is 9.59 Å². The van der Waals surface area contributed by atoms with Gasteiger partial charge < -0.3 is 16.2 Å². The van der Waals surface area contributed by atoms with Crippen LogP contribution in [0.1, 0.15) is 35.2 Å². The van der Waals surface area contributed by atoms with Crippen LogP contribution in [0.2, 0.25) is 0 Å². The predicted molar refractivity (Wildman–Crippen MR) is 75.8 cm³/mol. The van der Waals surface area contributed by atoms with E-state index in [1.807, 2.05) is 0 Å². The van der Waals surface area contributed by atoms with Crippen molar-refractivity contribution in [3.63, 3.8) is 0 Å². The highest BCUT2D eigenvalue weighted by Crippen LogP contribution is 2.30. The largest absolute Gasteiger partial charge is 0.388 e. The zero-order valence-electron chi connectivity index (χ0n) is 11.1. The zero-order chi connectivity index (χ0) is 14.6. The Morgan fingerprint density at radius 1 is 1.30 bits per heavy atom. The van der Waals surface area contributed by atoms with Crippen LogP contribution in [0.25, 0.3) is 6.08 Å². The number of nitrogens with two attached hydrogens (primary N) is 1. The summed E-state index contributed by atoms with van der Waals surface area (Å²) in [7, 11) is 0. The first-order chi connectivity index (χ1) is 9.48. The standard InChI is InChI=1S/C15H18N2O3/c16-14(19)12-5-2-11(3-6-12)4-7-13(18)17-10-15(20)8-1-9-15/h2-7,20H,1,8-10H2,(H2,16,19)(H,17,18). The van der Waals surface area contributed by atoms with Crippen molar-refractivity contribution in [3.05, 3.63) is 41.5 Å². The number of hydrogen-bond acceptors (Lipinski definition) is 3. The lowest BCUT2D eigenvalue weighted by Gasteiger charge is -2.36. The van der Waals surface area contributed by atoms with Crippen LogP contribution in [-0.4, -0.2) is 29.1 Å². The average molecular weight is 274 g/mol. The van der Waals surface area contributed by atoms with E-state index in [9.17, 15) is 14.7 Å². The Labute approximate surface area is 117 Å². The quantitative estimate of drug-likeness (QED) is 0.694. The SMILES string of the molecule is NC(=O)c1ccc(C=CC(=O)NCC2(O)CCC2)cc1. The van der Waals surface area contributed by atoms with Crippen molar-refractivity contribution < 1.29 is 14.7 Å². The molecule has 0 saturated heterocycles. The lowest BCUT2D eigenvalue weighted by atomic mass is 9.80. The van der Waals surface area contributed by atoms with Gasteiger partial charge in [0.2, 0.25) is 11.8 Å². The fraction of sp³-hybridized carbons (Fsp3) is 0.333. The van der Waals surface area contributed by atoms with E-state index in [4.69, 9.17) is 5.73 Å². The molecule has 5 nitrogen and oxygen atoms in total. The van der Waals surface area contributed by atoms with Crippen molar-refractivity contribution >= 4 is 17.9 Å². The number of benzene rings is 1. The Kier molecular flexibility index (Phi) is 4.20. The van der Waals surface area contributed by atoms with E-state index in [1.165, 1.54) is 6.08 Å². The minimum Gasteiger partial charge on any atom is -0.388 e. The lowest BCUT2D eigenvalue weighted by molar-refractivity contribution is -0.118. The van der Waals surface area contributed by atoms with E-state index < -0.39 is 11.5 Å². The molecule has 0 aromatic heterocycles. The first kappa shape index (κ1) is 14.3. The van der Waals surface area contributed by atoms with Gasteiger partial charge in [-0.2, -0.15) is 0 Å². The van der Waals surface area contributed by atoms with E-state index in [-0.39, 0.29) is 12.5 Å². The smallest absolute Gasteiger partial charge is 0.248 e. The highest BCUT2D eigenvalue weighted by molar-refractivity contribution is 5.94. The summed E-state index contributed by atoms with van der Waals surface area (Å²) in [6, 6.07) is 6.64. The summed E-state index contributed by atoms with van der Waals surface area (Å²) in [6.07, 6.45) is 5.54. The number of carbonyl (C=O) groups is 2. The minimum absolute atomic E-state index is 0.246. The molecule has 2 rings (SSSR count). The second-order valence-corrected chi connectivity index (χ2v) is 5.12. The summed E-state index contributed by atoms with van der Waals surface area (Å²) in [5, 5.41) is 12.5. The van der Waals surface area contributed by atoms with Crippen molar-refractivity contribution in [2.45, 2.75) is 24.9 Å². The van der Waals surface area contributed by atoms with E-state index in [0.717, 1.165) is 24.8 Å². The molecule has 4 N–H and O–H groups in total. The summed E-state index contributed by atoms with van der Waals surface area (Å²) in [6.45, 7) is 0.288. The molecule has 0 heterocycles. The Bertz CT molecular complexity index is 531. The van der Waals surface area contributed by atoms with Gasteiger partial charge in [0, 0.05) is 18.2 Å². The molecule has 1 aromatic rings. The number of nitrogens with one attached hydrogen (secondary N) is 1. The molecule has 1 fully saturated rings. The van der Waals surface area contributed by atoms with Crippen LogP contribution >= 0.6 is 0 Å². The fourth-order valence-electron chi connectivity index (χ4n) is 2.00. The van der Waals surface area contributed by atoms with Gasteiger partial charge in [-0.1, -0.05) is 12.1 Å². The molecule has 1 aliphatic carbocycles. The first-order valence-corrected chi connectivity index (χ1v) is 6.57. The number of rotatable bonds is 5. The third-order valence-electron chi connectivity index (χ3n) is 3.50. The second kappa shape index (κ2) is 5.88. The van der Waals surface area contributed by atoms with Gasteiger partial charge in [-0.25, -0.2) is 0 Å². The maximum absolute atomic E-state index is 11.6. The summed E-state index contributed by atoms with van der Waals surface area (Å²) in [5.74, 6) is -0.726. The van der Waals surface area contributed by atoms with Gasteiger partial charge in [0.15, 0.2) is 0 Å². The zero-order valence-corrected chi connectivity index (χ0v) is 11.1. The molecule has 106 valence electrons. The molecule has 0 aliphatic heterocycles. The number of primary amides is 1. The molecule has 0 radical (unpaired) electrons. The molecule has 0 spiro atoms. The Hall–Kier alpha value is -2.14. The number of amides is 2. The van der Waals surface area contributed by atoms with Crippen LogP contribution in [0.5, 0.6) is 0 Å². The van der Waals surface area contributed by atoms with Crippen molar-refractivity contribution in [2.24, 2.45) is 5.73 Å². The molecule has 1 aliphatic rings. The van der Waals surface area contributed by atoms with Crippen LogP contribution in [-0.2, 0) is 4.79 Å². The van der Waals surface area contributed by atoms with Crippen molar-refractivity contribution in [3.8, 4) is 0 Å². The van der Waals surface area contributed by atoms with Crippen LogP contribution in [0, 0.1) is 0 Å². The molecule has 0 unspecified atom stereocenters. The van der Waals surface area contributed by atoms with Crippen LogP contribution in [0.4, 0.5) is 0 Å². The van der Waals surface area contributed by atoms with Crippen LogP contribution in [0.15, 0.2) is 30.3 Å². The van der Waals surface area contributed by atoms with E-state index in [0.29, 0.717) is 5.56 Å². The molecular weight excluding hydrogens is 256 g/mol. The van der Waals surface area contributed by atoms with E-state index in [2.05, 4.69) is 5.32 Å². The Morgan fingerprint density at radius 2 is 1.95 bits per heavy atom. The summed E-state index contributed by atoms with van der Waals surface area (Å²) in [4.78, 5) is 22.5. The summed E-state index contributed by atoms with van der Waals surface area (Å²) < 4.78 is 0. The molecule has 0 atom stereocenters. The molecule has 2 amide bonds. The minimum atomic E-state index is -0.716. The monoisotopic (exact) mass is 274 g/mol. The third-order valence-corrected chi connectivity index (χ3v) is 3.50. The number of aliphatic hydroxyl groups is 1. The Morgan fingerprint density at radius 3 is 2.45 bits per heavy atom. The van der Waals surface area contributed by atoms with Gasteiger partial charge >= 0.3 is 0 Å². The summed E-state index contributed by atoms with van der Waals surface area (Å²) in [5.41, 5.74) is 5.65. The highest BCUT2D eigenvalue weighted by Gasteiger charge is 2.34. The van der Waals surface area contributed by atoms with Gasteiger partial charge in [0.25, 0.3) is 0 Å². The van der Waals surface area contributed by atoms with E-state index in [1.54, 1.807) is 30.3 Å². The van der Waals surface area contributed by atoms with Crippen LogP contribution in [0.3, 0.4) is 0 Å². The average Bonchev–Trinajstić information content (AvgIpc) is 2.41. The molecule has 20 heavy (non-hydrogen) atoms. The second-order valence-electron chi connectivity index (χ2n) is 5.12. The van der Waals surface area contributed by atoms with Crippen molar-refractivity contribution in [2.75, 3.05) is 6.54 Å².